The molecule has 0 atom stereocenters. The fourth-order valence-corrected chi connectivity index (χ4v) is 2.58. The van der Waals surface area contributed by atoms with E-state index >= 15 is 0 Å². The summed E-state index contributed by atoms with van der Waals surface area (Å²) in [5, 5.41) is 2.60. The largest absolute Gasteiger partial charge is 0.444 e. The predicted molar refractivity (Wildman–Crippen MR) is 82.3 cm³/mol. The van der Waals surface area contributed by atoms with Gasteiger partial charge in [0.15, 0.2) is 5.82 Å². The van der Waals surface area contributed by atoms with E-state index in [9.17, 15) is 4.79 Å². The number of nitrogens with one attached hydrogen (secondary N) is 1. The summed E-state index contributed by atoms with van der Waals surface area (Å²) in [6, 6.07) is 0. The summed E-state index contributed by atoms with van der Waals surface area (Å²) in [5.41, 5.74) is 0.507. The van der Waals surface area contributed by atoms with Crippen molar-refractivity contribution in [2.45, 2.75) is 64.9 Å². The van der Waals surface area contributed by atoms with E-state index in [1.54, 1.807) is 12.4 Å². The molecule has 1 amide bonds. The van der Waals surface area contributed by atoms with E-state index in [0.717, 1.165) is 11.6 Å². The van der Waals surface area contributed by atoms with E-state index in [-0.39, 0.29) is 0 Å². The Morgan fingerprint density at radius 3 is 2.38 bits per heavy atom. The molecule has 1 fully saturated rings. The van der Waals surface area contributed by atoms with Crippen LogP contribution in [0.25, 0.3) is 0 Å². The Hall–Kier alpha value is -1.65. The summed E-state index contributed by atoms with van der Waals surface area (Å²) >= 11 is 0. The molecule has 1 aliphatic rings. The zero-order valence-corrected chi connectivity index (χ0v) is 13.3. The molecule has 0 aliphatic heterocycles. The van der Waals surface area contributed by atoms with Crippen molar-refractivity contribution in [2.24, 2.45) is 5.92 Å². The second-order valence-corrected chi connectivity index (χ2v) is 6.91. The lowest BCUT2D eigenvalue weighted by molar-refractivity contribution is 0.0635. The number of hydrogen-bond donors (Lipinski definition) is 1. The molecule has 0 bridgehead atoms. The molecule has 1 aliphatic carbocycles. The van der Waals surface area contributed by atoms with Gasteiger partial charge in [0.25, 0.3) is 0 Å². The van der Waals surface area contributed by atoms with E-state index in [1.165, 1.54) is 25.7 Å². The van der Waals surface area contributed by atoms with Crippen molar-refractivity contribution in [1.82, 2.24) is 9.97 Å². The van der Waals surface area contributed by atoms with E-state index in [0.29, 0.717) is 11.7 Å². The van der Waals surface area contributed by atoms with Crippen LogP contribution in [-0.4, -0.2) is 21.7 Å². The van der Waals surface area contributed by atoms with Gasteiger partial charge in [-0.3, -0.25) is 10.3 Å². The third-order valence-corrected chi connectivity index (χ3v) is 3.73. The van der Waals surface area contributed by atoms with Crippen molar-refractivity contribution in [1.29, 1.82) is 0 Å². The van der Waals surface area contributed by atoms with Crippen LogP contribution in [0.5, 0.6) is 0 Å². The van der Waals surface area contributed by atoms with Crippen LogP contribution in [0, 0.1) is 5.92 Å². The molecule has 5 heteroatoms. The maximum absolute atomic E-state index is 11.6. The number of hydrogen-bond acceptors (Lipinski definition) is 4. The zero-order valence-electron chi connectivity index (χ0n) is 13.3. The predicted octanol–water partition coefficient (Wildman–Crippen LogP) is 4.12. The molecule has 0 aromatic carbocycles. The maximum Gasteiger partial charge on any atom is 0.413 e. The molecule has 21 heavy (non-hydrogen) atoms. The number of nitrogens with zero attached hydrogens (tertiary/aromatic N) is 2. The van der Waals surface area contributed by atoms with Crippen molar-refractivity contribution >= 4 is 11.9 Å². The molecule has 2 rings (SSSR count). The molecule has 116 valence electrons. The molecule has 0 unspecified atom stereocenters. The van der Waals surface area contributed by atoms with Crippen molar-refractivity contribution in [2.75, 3.05) is 5.32 Å². The normalized spacial score (nSPS) is 22.7. The first-order valence-electron chi connectivity index (χ1n) is 7.65. The number of ether oxygens (including phenoxy) is 1. The molecule has 1 N–H and O–H groups in total. The fourth-order valence-electron chi connectivity index (χ4n) is 2.58. The van der Waals surface area contributed by atoms with Gasteiger partial charge in [-0.25, -0.2) is 9.78 Å². The van der Waals surface area contributed by atoms with Gasteiger partial charge in [-0.05, 0) is 39.5 Å². The van der Waals surface area contributed by atoms with Crippen LogP contribution in [0.2, 0.25) is 0 Å². The van der Waals surface area contributed by atoms with Crippen LogP contribution < -0.4 is 5.32 Å². The highest BCUT2D eigenvalue weighted by molar-refractivity contribution is 5.83. The third kappa shape index (κ3) is 4.99. The molecule has 1 aromatic heterocycles. The lowest BCUT2D eigenvalue weighted by Crippen LogP contribution is -2.27. The first-order chi connectivity index (χ1) is 9.83. The molecular weight excluding hydrogens is 266 g/mol. The Balaban J connectivity index is 1.91. The second kappa shape index (κ2) is 6.41. The van der Waals surface area contributed by atoms with Crippen LogP contribution in [0.4, 0.5) is 10.6 Å². The van der Waals surface area contributed by atoms with Crippen LogP contribution in [0.15, 0.2) is 12.4 Å². The molecule has 0 saturated heterocycles. The van der Waals surface area contributed by atoms with Crippen molar-refractivity contribution < 1.29 is 9.53 Å². The van der Waals surface area contributed by atoms with Gasteiger partial charge < -0.3 is 4.74 Å². The molecule has 0 spiro atoms. The summed E-state index contributed by atoms with van der Waals surface area (Å²) in [4.78, 5) is 20.4. The number of aromatic nitrogens is 2. The smallest absolute Gasteiger partial charge is 0.413 e. The quantitative estimate of drug-likeness (QED) is 0.890. The van der Waals surface area contributed by atoms with Crippen molar-refractivity contribution in [3.8, 4) is 0 Å². The summed E-state index contributed by atoms with van der Waals surface area (Å²) in [6.45, 7) is 7.78. The van der Waals surface area contributed by atoms with E-state index < -0.39 is 11.7 Å². The van der Waals surface area contributed by atoms with Crippen LogP contribution in [0.1, 0.15) is 65.0 Å². The van der Waals surface area contributed by atoms with Gasteiger partial charge in [0.1, 0.15) is 5.60 Å². The van der Waals surface area contributed by atoms with Crippen LogP contribution >= 0.6 is 0 Å². The average molecular weight is 291 g/mol. The highest BCUT2D eigenvalue weighted by Crippen LogP contribution is 2.34. The van der Waals surface area contributed by atoms with Gasteiger partial charge >= 0.3 is 6.09 Å². The Bertz CT molecular complexity index is 471. The number of anilines is 1. The van der Waals surface area contributed by atoms with Crippen molar-refractivity contribution in [3.63, 3.8) is 0 Å². The number of rotatable bonds is 2. The van der Waals surface area contributed by atoms with Gasteiger partial charge in [-0.15, -0.1) is 0 Å². The number of amides is 1. The summed E-state index contributed by atoms with van der Waals surface area (Å²) in [5.74, 6) is 1.75. The Morgan fingerprint density at radius 1 is 1.19 bits per heavy atom. The van der Waals surface area contributed by atoms with E-state index in [1.807, 2.05) is 20.8 Å². The lowest BCUT2D eigenvalue weighted by Gasteiger charge is -2.25. The standard InChI is InChI=1S/C16H25N3O2/c1-11-5-7-12(8-6-11)13-9-18-14(10-17-13)19-15(20)21-16(2,3)4/h9-12H,5-8H2,1-4H3,(H,18,19,20). The molecule has 0 radical (unpaired) electrons. The average Bonchev–Trinajstić information content (AvgIpc) is 2.38. The van der Waals surface area contributed by atoms with Gasteiger partial charge in [-0.2, -0.15) is 0 Å². The number of carbonyl (C=O) groups is 1. The Morgan fingerprint density at radius 2 is 1.86 bits per heavy atom. The Kier molecular flexibility index (Phi) is 4.80. The SMILES string of the molecule is CC1CCC(c2cnc(NC(=O)OC(C)(C)C)cn2)CC1. The first kappa shape index (κ1) is 15.7. The van der Waals surface area contributed by atoms with Crippen LogP contribution in [0.3, 0.4) is 0 Å². The third-order valence-electron chi connectivity index (χ3n) is 3.73. The van der Waals surface area contributed by atoms with Gasteiger partial charge in [0.05, 0.1) is 18.1 Å². The minimum atomic E-state index is -0.518. The second-order valence-electron chi connectivity index (χ2n) is 6.91. The zero-order chi connectivity index (χ0) is 15.5. The molecule has 1 heterocycles. The molecular formula is C16H25N3O2. The van der Waals surface area contributed by atoms with Crippen molar-refractivity contribution in [3.05, 3.63) is 18.1 Å². The molecule has 1 aromatic rings. The highest BCUT2D eigenvalue weighted by Gasteiger charge is 2.21. The summed E-state index contributed by atoms with van der Waals surface area (Å²) < 4.78 is 5.18. The number of carbonyl (C=O) groups excluding carboxylic acids is 1. The van der Waals surface area contributed by atoms with Crippen LogP contribution in [-0.2, 0) is 4.74 Å². The monoisotopic (exact) mass is 291 g/mol. The van der Waals surface area contributed by atoms with Gasteiger partial charge in [0, 0.05) is 5.92 Å². The first-order valence-corrected chi connectivity index (χ1v) is 7.65. The van der Waals surface area contributed by atoms with E-state index in [2.05, 4.69) is 22.2 Å². The molecule has 5 nitrogen and oxygen atoms in total. The minimum Gasteiger partial charge on any atom is -0.444 e. The minimum absolute atomic E-state index is 0.428. The lowest BCUT2D eigenvalue weighted by atomic mass is 9.81. The topological polar surface area (TPSA) is 64.1 Å². The fraction of sp³-hybridized carbons (Fsp3) is 0.688. The summed E-state index contributed by atoms with van der Waals surface area (Å²) in [7, 11) is 0. The Labute approximate surface area is 126 Å². The molecule has 1 saturated carbocycles. The van der Waals surface area contributed by atoms with E-state index in [4.69, 9.17) is 4.74 Å². The highest BCUT2D eigenvalue weighted by atomic mass is 16.6. The summed E-state index contributed by atoms with van der Waals surface area (Å²) in [6.07, 6.45) is 7.73. The van der Waals surface area contributed by atoms with Gasteiger partial charge in [0.2, 0.25) is 0 Å². The maximum atomic E-state index is 11.6. The van der Waals surface area contributed by atoms with Gasteiger partial charge in [-0.1, -0.05) is 19.8 Å².